The maximum absolute atomic E-state index is 11.9. The van der Waals surface area contributed by atoms with Crippen LogP contribution in [0.3, 0.4) is 0 Å². The van der Waals surface area contributed by atoms with E-state index in [-0.39, 0.29) is 5.92 Å². The summed E-state index contributed by atoms with van der Waals surface area (Å²) in [6, 6.07) is 26.9. The van der Waals surface area contributed by atoms with Crippen LogP contribution in [0.4, 0.5) is 0 Å². The molecule has 0 fully saturated rings. The number of ether oxygens (including phenoxy) is 1. The van der Waals surface area contributed by atoms with Gasteiger partial charge in [0, 0.05) is 17.2 Å². The van der Waals surface area contributed by atoms with E-state index >= 15 is 0 Å². The van der Waals surface area contributed by atoms with E-state index < -0.39 is 5.97 Å². The van der Waals surface area contributed by atoms with Gasteiger partial charge in [0.15, 0.2) is 0 Å². The standard InChI is InChI=1S/C32H29NO3/c1-36-29-13-7-12-26(19-29)31-21-28(24-16-14-23(15-17-24)22-8-3-2-4-9-22)18-25-10-5-6-11-27(32(34)35)20-30(25)33-31/h2-4,7-9,11-17,19-21,25H,5-6,10,18H2,1H3,(H,34,35)/b27-11+,30-20+. The van der Waals surface area contributed by atoms with Crippen molar-refractivity contribution in [2.45, 2.75) is 25.7 Å². The van der Waals surface area contributed by atoms with Gasteiger partial charge in [-0.05, 0) is 72.2 Å². The quantitative estimate of drug-likeness (QED) is 0.420. The van der Waals surface area contributed by atoms with E-state index in [1.54, 1.807) is 13.2 Å². The van der Waals surface area contributed by atoms with E-state index in [1.165, 1.54) is 16.7 Å². The molecular formula is C32H29NO3. The van der Waals surface area contributed by atoms with E-state index in [1.807, 2.05) is 36.4 Å². The summed E-state index contributed by atoms with van der Waals surface area (Å²) < 4.78 is 5.46. The van der Waals surface area contributed by atoms with Crippen molar-refractivity contribution in [2.75, 3.05) is 7.11 Å². The van der Waals surface area contributed by atoms with Gasteiger partial charge in [0.25, 0.3) is 0 Å². The summed E-state index contributed by atoms with van der Waals surface area (Å²) in [6.07, 6.45) is 9.20. The van der Waals surface area contributed by atoms with Crippen LogP contribution >= 0.6 is 0 Å². The second-order valence-electron chi connectivity index (χ2n) is 9.21. The maximum atomic E-state index is 11.9. The van der Waals surface area contributed by atoms with Crippen molar-refractivity contribution in [3.05, 3.63) is 119 Å². The highest BCUT2D eigenvalue weighted by Crippen LogP contribution is 2.37. The molecule has 4 heteroatoms. The van der Waals surface area contributed by atoms with Crippen LogP contribution < -0.4 is 4.74 Å². The lowest BCUT2D eigenvalue weighted by Gasteiger charge is -2.20. The number of fused-ring (bicyclic) bond motifs is 1. The number of hydrogen-bond donors (Lipinski definition) is 1. The van der Waals surface area contributed by atoms with Crippen molar-refractivity contribution in [2.24, 2.45) is 10.9 Å². The third-order valence-electron chi connectivity index (χ3n) is 6.84. The van der Waals surface area contributed by atoms with Gasteiger partial charge in [0.2, 0.25) is 0 Å². The maximum Gasteiger partial charge on any atom is 0.335 e. The average Bonchev–Trinajstić information content (AvgIpc) is 3.08. The Balaban J connectivity index is 1.59. The third kappa shape index (κ3) is 5.23. The molecule has 2 aliphatic rings. The molecule has 3 aromatic rings. The Bertz CT molecular complexity index is 1380. The Morgan fingerprint density at radius 2 is 1.61 bits per heavy atom. The highest BCUT2D eigenvalue weighted by Gasteiger charge is 2.24. The number of carboxylic acids is 1. The summed E-state index contributed by atoms with van der Waals surface area (Å²) in [5.74, 6) is 0.00217. The Morgan fingerprint density at radius 1 is 0.889 bits per heavy atom. The fourth-order valence-electron chi connectivity index (χ4n) is 4.88. The molecular weight excluding hydrogens is 446 g/mol. The van der Waals surface area contributed by atoms with E-state index in [9.17, 15) is 9.90 Å². The molecule has 0 aromatic heterocycles. The van der Waals surface area contributed by atoms with Crippen LogP contribution in [-0.2, 0) is 4.79 Å². The van der Waals surface area contributed by atoms with Gasteiger partial charge >= 0.3 is 5.97 Å². The molecule has 1 aliphatic carbocycles. The number of aliphatic carboxylic acids is 1. The summed E-state index contributed by atoms with van der Waals surface area (Å²) >= 11 is 0. The van der Waals surface area contributed by atoms with Gasteiger partial charge in [-0.2, -0.15) is 0 Å². The summed E-state index contributed by atoms with van der Waals surface area (Å²) in [4.78, 5) is 16.9. The van der Waals surface area contributed by atoms with Gasteiger partial charge in [-0.1, -0.05) is 72.8 Å². The molecule has 180 valence electrons. The molecule has 0 spiro atoms. The molecule has 1 N–H and O–H groups in total. The van der Waals surface area contributed by atoms with Crippen molar-refractivity contribution in [3.63, 3.8) is 0 Å². The lowest BCUT2D eigenvalue weighted by atomic mass is 9.86. The molecule has 0 saturated heterocycles. The molecule has 3 aromatic carbocycles. The number of aliphatic imine (C=N–C) groups is 1. The minimum atomic E-state index is -0.907. The van der Waals surface area contributed by atoms with Gasteiger partial charge in [-0.15, -0.1) is 0 Å². The number of carbonyl (C=O) groups is 1. The van der Waals surface area contributed by atoms with Crippen LogP contribution in [0.5, 0.6) is 5.75 Å². The number of hydrogen-bond acceptors (Lipinski definition) is 3. The molecule has 5 rings (SSSR count). The zero-order valence-electron chi connectivity index (χ0n) is 20.4. The first-order valence-corrected chi connectivity index (χ1v) is 12.4. The zero-order chi connectivity index (χ0) is 24.9. The van der Waals surface area contributed by atoms with E-state index in [0.29, 0.717) is 5.57 Å². The second kappa shape index (κ2) is 10.6. The van der Waals surface area contributed by atoms with Crippen molar-refractivity contribution in [1.82, 2.24) is 0 Å². The van der Waals surface area contributed by atoms with Crippen molar-refractivity contribution >= 4 is 17.3 Å². The molecule has 0 bridgehead atoms. The SMILES string of the molecule is COc1cccc(C2=N/C3=C/C(C(=O)O)=C\CCCC3CC(c3ccc(-c4ccccc4)cc3)=C2)c1. The highest BCUT2D eigenvalue weighted by molar-refractivity contribution is 6.13. The Labute approximate surface area is 212 Å². The predicted octanol–water partition coefficient (Wildman–Crippen LogP) is 7.33. The minimum absolute atomic E-state index is 0.149. The zero-order valence-corrected chi connectivity index (χ0v) is 20.4. The fourth-order valence-corrected chi connectivity index (χ4v) is 4.88. The summed E-state index contributed by atoms with van der Waals surface area (Å²) in [6.45, 7) is 0. The molecule has 1 atom stereocenters. The van der Waals surface area contributed by atoms with Crippen LogP contribution in [-0.4, -0.2) is 23.9 Å². The van der Waals surface area contributed by atoms with Gasteiger partial charge in [0.1, 0.15) is 5.75 Å². The Hall–Kier alpha value is -4.18. The van der Waals surface area contributed by atoms with Crippen LogP contribution in [0.2, 0.25) is 0 Å². The molecule has 1 heterocycles. The van der Waals surface area contributed by atoms with E-state index in [4.69, 9.17) is 9.73 Å². The van der Waals surface area contributed by atoms with Crippen molar-refractivity contribution < 1.29 is 14.6 Å². The van der Waals surface area contributed by atoms with Gasteiger partial charge < -0.3 is 9.84 Å². The van der Waals surface area contributed by atoms with Gasteiger partial charge in [-0.3, -0.25) is 4.99 Å². The average molecular weight is 476 g/mol. The van der Waals surface area contributed by atoms with Crippen LogP contribution in [0, 0.1) is 5.92 Å². The Morgan fingerprint density at radius 3 is 2.36 bits per heavy atom. The predicted molar refractivity (Wildman–Crippen MR) is 145 cm³/mol. The summed E-state index contributed by atoms with van der Waals surface area (Å²) in [5, 5.41) is 9.73. The lowest BCUT2D eigenvalue weighted by Crippen LogP contribution is -2.09. The summed E-state index contributed by atoms with van der Waals surface area (Å²) in [7, 11) is 1.65. The first-order valence-electron chi connectivity index (χ1n) is 12.4. The number of benzene rings is 3. The highest BCUT2D eigenvalue weighted by atomic mass is 16.5. The first kappa shape index (κ1) is 23.6. The van der Waals surface area contributed by atoms with Crippen LogP contribution in [0.15, 0.2) is 113 Å². The number of carboxylic acid groups (broad SMARTS) is 1. The van der Waals surface area contributed by atoms with Crippen molar-refractivity contribution in [1.29, 1.82) is 0 Å². The lowest BCUT2D eigenvalue weighted by molar-refractivity contribution is -0.132. The molecule has 1 aliphatic heterocycles. The number of rotatable bonds is 5. The Kier molecular flexibility index (Phi) is 6.94. The monoisotopic (exact) mass is 475 g/mol. The fraction of sp³-hybridized carbons (Fsp3) is 0.188. The molecule has 0 saturated carbocycles. The molecule has 1 unspecified atom stereocenters. The normalized spacial score (nSPS) is 20.6. The molecule has 4 nitrogen and oxygen atoms in total. The smallest absolute Gasteiger partial charge is 0.335 e. The summed E-state index contributed by atoms with van der Waals surface area (Å²) in [5.41, 5.74) is 7.63. The van der Waals surface area contributed by atoms with Crippen molar-refractivity contribution in [3.8, 4) is 16.9 Å². The molecule has 36 heavy (non-hydrogen) atoms. The van der Waals surface area contributed by atoms with E-state index in [0.717, 1.165) is 54.0 Å². The molecule has 0 amide bonds. The largest absolute Gasteiger partial charge is 0.497 e. The van der Waals surface area contributed by atoms with Gasteiger partial charge in [-0.25, -0.2) is 4.79 Å². The minimum Gasteiger partial charge on any atom is -0.497 e. The molecule has 0 radical (unpaired) electrons. The topological polar surface area (TPSA) is 58.9 Å². The number of methoxy groups -OCH3 is 1. The van der Waals surface area contributed by atoms with E-state index in [2.05, 4.69) is 54.6 Å². The van der Waals surface area contributed by atoms with Gasteiger partial charge in [0.05, 0.1) is 18.4 Å². The van der Waals surface area contributed by atoms with Crippen LogP contribution in [0.1, 0.15) is 36.8 Å². The number of nitrogens with zero attached hydrogens (tertiary/aromatic N) is 1. The number of allylic oxidation sites excluding steroid dienone is 4. The third-order valence-corrected chi connectivity index (χ3v) is 6.84. The second-order valence-corrected chi connectivity index (χ2v) is 9.21. The first-order chi connectivity index (χ1) is 17.6. The van der Waals surface area contributed by atoms with Crippen LogP contribution in [0.25, 0.3) is 16.7 Å².